The fourth-order valence-corrected chi connectivity index (χ4v) is 3.29. The molecule has 1 saturated carbocycles. The van der Waals surface area contributed by atoms with E-state index in [0.717, 1.165) is 38.2 Å². The van der Waals surface area contributed by atoms with Gasteiger partial charge in [-0.25, -0.2) is 0 Å². The molecule has 3 rings (SSSR count). The Morgan fingerprint density at radius 2 is 1.90 bits per heavy atom. The number of nitrogens with zero attached hydrogens (tertiary/aromatic N) is 3. The maximum absolute atomic E-state index is 6.12. The van der Waals surface area contributed by atoms with E-state index in [2.05, 4.69) is 21.7 Å². The van der Waals surface area contributed by atoms with E-state index in [1.54, 1.807) is 0 Å². The van der Waals surface area contributed by atoms with Gasteiger partial charge in [0.1, 0.15) is 0 Å². The van der Waals surface area contributed by atoms with Gasteiger partial charge in [0.2, 0.25) is 0 Å². The van der Waals surface area contributed by atoms with Gasteiger partial charge in [-0.15, -0.1) is 24.0 Å². The first-order valence-electron chi connectivity index (χ1n) is 8.13. The lowest BCUT2D eigenvalue weighted by atomic mass is 9.97. The molecule has 3 aliphatic rings. The maximum Gasteiger partial charge on any atom is 0.191 e. The van der Waals surface area contributed by atoms with E-state index < -0.39 is 0 Å². The van der Waals surface area contributed by atoms with Crippen molar-refractivity contribution >= 4 is 29.9 Å². The van der Waals surface area contributed by atoms with Gasteiger partial charge in [0.05, 0.1) is 12.7 Å². The molecule has 0 aromatic heterocycles. The van der Waals surface area contributed by atoms with Gasteiger partial charge >= 0.3 is 0 Å². The molecule has 122 valence electrons. The second-order valence-electron chi connectivity index (χ2n) is 6.54. The zero-order chi connectivity index (χ0) is 13.9. The Balaban J connectivity index is 0.00000161. The van der Waals surface area contributed by atoms with Crippen LogP contribution in [-0.4, -0.2) is 67.2 Å². The van der Waals surface area contributed by atoms with Crippen molar-refractivity contribution in [2.45, 2.75) is 44.8 Å². The Morgan fingerprint density at radius 1 is 1.19 bits per heavy atom. The van der Waals surface area contributed by atoms with E-state index in [1.165, 1.54) is 38.8 Å². The van der Waals surface area contributed by atoms with Crippen molar-refractivity contribution in [1.29, 1.82) is 0 Å². The third kappa shape index (κ3) is 4.96. The van der Waals surface area contributed by atoms with Crippen molar-refractivity contribution in [3.05, 3.63) is 0 Å². The molecule has 2 saturated heterocycles. The van der Waals surface area contributed by atoms with Crippen LogP contribution >= 0.6 is 24.0 Å². The molecule has 2 heterocycles. The number of hydrogen-bond acceptors (Lipinski definition) is 3. The normalized spacial score (nSPS) is 29.3. The van der Waals surface area contributed by atoms with Crippen LogP contribution in [0.4, 0.5) is 0 Å². The topological polar surface area (TPSA) is 54.1 Å². The zero-order valence-corrected chi connectivity index (χ0v) is 15.4. The molecule has 5 nitrogen and oxygen atoms in total. The summed E-state index contributed by atoms with van der Waals surface area (Å²) in [5.41, 5.74) is 6.12. The van der Waals surface area contributed by atoms with Crippen LogP contribution in [0, 0.1) is 5.92 Å². The minimum atomic E-state index is 0. The zero-order valence-electron chi connectivity index (χ0n) is 13.0. The van der Waals surface area contributed by atoms with E-state index >= 15 is 0 Å². The summed E-state index contributed by atoms with van der Waals surface area (Å²) in [6.45, 7) is 8.02. The number of guanidine groups is 1. The average molecular weight is 408 g/mol. The molecule has 2 aliphatic heterocycles. The molecule has 0 radical (unpaired) electrons. The smallest absolute Gasteiger partial charge is 0.191 e. The third-order valence-electron chi connectivity index (χ3n) is 4.79. The first-order chi connectivity index (χ1) is 9.72. The summed E-state index contributed by atoms with van der Waals surface area (Å²) in [7, 11) is 0. The standard InChI is InChI=1S/C15H28N4O.HI/c1-12-11-19(8-9-20-12)15(16)17-10-13-4-6-18(7-5-13)14-2-3-14;/h12-14H,2-11H2,1H3,(H2,16,17);1H. The van der Waals surface area contributed by atoms with Gasteiger partial charge in [-0.2, -0.15) is 0 Å². The van der Waals surface area contributed by atoms with Crippen LogP contribution in [0.2, 0.25) is 0 Å². The van der Waals surface area contributed by atoms with Crippen LogP contribution in [0.1, 0.15) is 32.6 Å². The van der Waals surface area contributed by atoms with Gasteiger partial charge in [0, 0.05) is 25.7 Å². The van der Waals surface area contributed by atoms with Gasteiger partial charge in [-0.1, -0.05) is 0 Å². The highest BCUT2D eigenvalue weighted by Gasteiger charge is 2.31. The quantitative estimate of drug-likeness (QED) is 0.437. The molecule has 6 heteroatoms. The highest BCUT2D eigenvalue weighted by atomic mass is 127. The van der Waals surface area contributed by atoms with E-state index in [-0.39, 0.29) is 30.1 Å². The van der Waals surface area contributed by atoms with Gasteiger partial charge in [0.15, 0.2) is 5.96 Å². The third-order valence-corrected chi connectivity index (χ3v) is 4.79. The van der Waals surface area contributed by atoms with Crippen molar-refractivity contribution in [3.63, 3.8) is 0 Å². The summed E-state index contributed by atoms with van der Waals surface area (Å²) >= 11 is 0. The highest BCUT2D eigenvalue weighted by Crippen LogP contribution is 2.30. The summed E-state index contributed by atoms with van der Waals surface area (Å²) < 4.78 is 5.54. The number of aliphatic imine (C=N–C) groups is 1. The molecule has 0 aromatic carbocycles. The number of morpholine rings is 1. The predicted molar refractivity (Wildman–Crippen MR) is 96.2 cm³/mol. The summed E-state index contributed by atoms with van der Waals surface area (Å²) in [5.74, 6) is 1.44. The van der Waals surface area contributed by atoms with E-state index in [4.69, 9.17) is 10.5 Å². The predicted octanol–water partition coefficient (Wildman–Crippen LogP) is 1.51. The molecule has 0 bridgehead atoms. The van der Waals surface area contributed by atoms with Crippen LogP contribution in [0.3, 0.4) is 0 Å². The summed E-state index contributed by atoms with van der Waals surface area (Å²) in [6, 6.07) is 0.916. The first-order valence-corrected chi connectivity index (χ1v) is 8.13. The van der Waals surface area contributed by atoms with Crippen molar-refractivity contribution in [2.75, 3.05) is 39.3 Å². The minimum absolute atomic E-state index is 0. The Morgan fingerprint density at radius 3 is 2.52 bits per heavy atom. The maximum atomic E-state index is 6.12. The van der Waals surface area contributed by atoms with E-state index in [9.17, 15) is 0 Å². The summed E-state index contributed by atoms with van der Waals surface area (Å²) in [6.07, 6.45) is 5.68. The SMILES string of the molecule is CC1CN(C(N)=NCC2CCN(C3CC3)CC2)CCO1.I. The number of nitrogens with two attached hydrogens (primary N) is 1. The average Bonchev–Trinajstić information content (AvgIpc) is 3.30. The van der Waals surface area contributed by atoms with Gasteiger partial charge in [0.25, 0.3) is 0 Å². The fraction of sp³-hybridized carbons (Fsp3) is 0.933. The number of ether oxygens (including phenoxy) is 1. The van der Waals surface area contributed by atoms with Crippen LogP contribution in [0.5, 0.6) is 0 Å². The Bertz CT molecular complexity index is 354. The molecular weight excluding hydrogens is 379 g/mol. The van der Waals surface area contributed by atoms with E-state index in [0.29, 0.717) is 5.96 Å². The second kappa shape index (κ2) is 7.97. The minimum Gasteiger partial charge on any atom is -0.375 e. The number of piperidine rings is 1. The van der Waals surface area contributed by atoms with Crippen LogP contribution in [-0.2, 0) is 4.74 Å². The molecule has 0 aromatic rings. The lowest BCUT2D eigenvalue weighted by molar-refractivity contribution is 0.00525. The summed E-state index contributed by atoms with van der Waals surface area (Å²) in [4.78, 5) is 9.46. The summed E-state index contributed by atoms with van der Waals surface area (Å²) in [5, 5.41) is 0. The van der Waals surface area contributed by atoms with Crippen molar-refractivity contribution in [2.24, 2.45) is 16.6 Å². The monoisotopic (exact) mass is 408 g/mol. The van der Waals surface area contributed by atoms with Crippen molar-refractivity contribution < 1.29 is 4.74 Å². The first kappa shape index (κ1) is 17.3. The Labute approximate surface area is 145 Å². The largest absolute Gasteiger partial charge is 0.375 e. The van der Waals surface area contributed by atoms with Gasteiger partial charge < -0.3 is 20.3 Å². The van der Waals surface area contributed by atoms with Crippen molar-refractivity contribution in [3.8, 4) is 0 Å². The van der Waals surface area contributed by atoms with Gasteiger partial charge in [-0.05, 0) is 51.6 Å². The highest BCUT2D eigenvalue weighted by molar-refractivity contribution is 14.0. The van der Waals surface area contributed by atoms with Crippen LogP contribution < -0.4 is 5.73 Å². The molecular formula is C15H29IN4O. The molecule has 0 spiro atoms. The molecule has 1 unspecified atom stereocenters. The van der Waals surface area contributed by atoms with Crippen LogP contribution in [0.15, 0.2) is 4.99 Å². The lowest BCUT2D eigenvalue weighted by Crippen LogP contribution is -2.48. The molecule has 21 heavy (non-hydrogen) atoms. The number of halogens is 1. The number of likely N-dealkylation sites (tertiary alicyclic amines) is 1. The number of hydrogen-bond donors (Lipinski definition) is 1. The van der Waals surface area contributed by atoms with Crippen molar-refractivity contribution in [1.82, 2.24) is 9.80 Å². The van der Waals surface area contributed by atoms with Crippen LogP contribution in [0.25, 0.3) is 0 Å². The fourth-order valence-electron chi connectivity index (χ4n) is 3.29. The molecule has 3 fully saturated rings. The Hall–Kier alpha value is -0.0800. The Kier molecular flexibility index (Phi) is 6.55. The second-order valence-corrected chi connectivity index (χ2v) is 6.54. The number of rotatable bonds is 3. The molecule has 0 amide bonds. The molecule has 1 aliphatic carbocycles. The molecule has 2 N–H and O–H groups in total. The van der Waals surface area contributed by atoms with Gasteiger partial charge in [-0.3, -0.25) is 4.99 Å². The lowest BCUT2D eigenvalue weighted by Gasteiger charge is -2.33. The van der Waals surface area contributed by atoms with E-state index in [1.807, 2.05) is 0 Å². The molecule has 1 atom stereocenters.